The standard InChI is InChI=1S/C24H25N7OS/c25-13-17(14-26)12-20-16-30(23(28-20)18-6-2-1-3-7-18)10-4-8-19-15-31(21-9-5-11-33-21)24(32)29-22(19)27/h12,15-16,18,21H,1-3,5-7,9-11H2,(H2,27,29,32). The van der Waals surface area contributed by atoms with Crippen molar-refractivity contribution in [3.05, 3.63) is 45.5 Å². The molecule has 1 unspecified atom stereocenters. The largest absolute Gasteiger partial charge is 0.382 e. The van der Waals surface area contributed by atoms with Crippen LogP contribution in [0.5, 0.6) is 0 Å². The Labute approximate surface area is 197 Å². The fourth-order valence-corrected chi connectivity index (χ4v) is 5.61. The van der Waals surface area contributed by atoms with Gasteiger partial charge in [-0.25, -0.2) is 9.78 Å². The summed E-state index contributed by atoms with van der Waals surface area (Å²) in [5.74, 6) is 8.67. The van der Waals surface area contributed by atoms with E-state index < -0.39 is 0 Å². The van der Waals surface area contributed by atoms with Crippen molar-refractivity contribution in [2.24, 2.45) is 0 Å². The number of nitrogen functional groups attached to an aromatic ring is 1. The highest BCUT2D eigenvalue weighted by Gasteiger charge is 2.22. The van der Waals surface area contributed by atoms with E-state index in [1.807, 2.05) is 22.9 Å². The highest BCUT2D eigenvalue weighted by molar-refractivity contribution is 7.99. The van der Waals surface area contributed by atoms with E-state index in [0.717, 1.165) is 37.3 Å². The lowest BCUT2D eigenvalue weighted by Gasteiger charge is -2.21. The fraction of sp³-hybridized carbons (Fsp3) is 0.458. The van der Waals surface area contributed by atoms with Gasteiger partial charge in [-0.15, -0.1) is 11.8 Å². The first-order valence-corrected chi connectivity index (χ1v) is 12.2. The number of rotatable bonds is 4. The molecule has 2 aromatic heterocycles. The first-order valence-electron chi connectivity index (χ1n) is 11.2. The third-order valence-corrected chi connectivity index (χ3v) is 7.37. The van der Waals surface area contributed by atoms with Crippen LogP contribution in [-0.4, -0.2) is 24.9 Å². The number of nitrogens with zero attached hydrogens (tertiary/aromatic N) is 6. The SMILES string of the molecule is N#CC(C#N)=Cc1cn(CC#Cc2cn(C3CCCS3)c(=O)nc2N)c(C2CCCCC2)n1. The number of hydrogen-bond acceptors (Lipinski definition) is 7. The van der Waals surface area contributed by atoms with Gasteiger partial charge in [0.15, 0.2) is 0 Å². The Hall–Kier alpha value is -3.48. The maximum Gasteiger partial charge on any atom is 0.350 e. The van der Waals surface area contributed by atoms with Crippen LogP contribution in [-0.2, 0) is 6.54 Å². The van der Waals surface area contributed by atoms with E-state index in [1.54, 1.807) is 22.5 Å². The van der Waals surface area contributed by atoms with Gasteiger partial charge in [-0.1, -0.05) is 31.1 Å². The summed E-state index contributed by atoms with van der Waals surface area (Å²) in [5.41, 5.74) is 6.79. The molecule has 1 atom stereocenters. The molecule has 1 saturated heterocycles. The lowest BCUT2D eigenvalue weighted by Crippen LogP contribution is -2.26. The van der Waals surface area contributed by atoms with Crippen LogP contribution < -0.4 is 11.4 Å². The molecule has 168 valence electrons. The molecule has 2 aromatic rings. The van der Waals surface area contributed by atoms with Crippen molar-refractivity contribution in [3.63, 3.8) is 0 Å². The molecule has 0 aromatic carbocycles. The van der Waals surface area contributed by atoms with Crippen LogP contribution in [0, 0.1) is 34.5 Å². The van der Waals surface area contributed by atoms with Crippen LogP contribution in [0.15, 0.2) is 22.8 Å². The summed E-state index contributed by atoms with van der Waals surface area (Å²) < 4.78 is 3.63. The van der Waals surface area contributed by atoms with Crippen molar-refractivity contribution in [3.8, 4) is 24.0 Å². The van der Waals surface area contributed by atoms with Gasteiger partial charge in [-0.3, -0.25) is 4.57 Å². The second-order valence-electron chi connectivity index (χ2n) is 8.27. The molecular formula is C24H25N7OS. The molecule has 1 aliphatic heterocycles. The van der Waals surface area contributed by atoms with Gasteiger partial charge in [0.2, 0.25) is 0 Å². The third kappa shape index (κ3) is 5.30. The van der Waals surface area contributed by atoms with Gasteiger partial charge in [-0.2, -0.15) is 15.5 Å². The minimum absolute atomic E-state index is 0.0202. The van der Waals surface area contributed by atoms with Gasteiger partial charge < -0.3 is 10.3 Å². The van der Waals surface area contributed by atoms with E-state index in [0.29, 0.717) is 23.7 Å². The topological polar surface area (TPSA) is 126 Å². The summed E-state index contributed by atoms with van der Waals surface area (Å²) in [6, 6.07) is 3.77. The fourth-order valence-electron chi connectivity index (χ4n) is 4.36. The Bertz CT molecular complexity index is 1240. The highest BCUT2D eigenvalue weighted by Crippen LogP contribution is 2.35. The summed E-state index contributed by atoms with van der Waals surface area (Å²) in [6.45, 7) is 0.387. The highest BCUT2D eigenvalue weighted by atomic mass is 32.2. The number of aromatic nitrogens is 4. The summed E-state index contributed by atoms with van der Waals surface area (Å²) in [5, 5.41) is 18.3. The van der Waals surface area contributed by atoms with Crippen molar-refractivity contribution in [2.45, 2.75) is 62.8 Å². The molecule has 0 amide bonds. The van der Waals surface area contributed by atoms with Gasteiger partial charge in [-0.05, 0) is 37.5 Å². The minimum Gasteiger partial charge on any atom is -0.382 e. The van der Waals surface area contributed by atoms with Gasteiger partial charge in [0.05, 0.1) is 23.2 Å². The number of imidazole rings is 1. The van der Waals surface area contributed by atoms with Crippen molar-refractivity contribution >= 4 is 23.7 Å². The van der Waals surface area contributed by atoms with Gasteiger partial charge >= 0.3 is 5.69 Å². The van der Waals surface area contributed by atoms with Gasteiger partial charge in [0.1, 0.15) is 29.4 Å². The normalized spacial score (nSPS) is 18.1. The molecule has 3 heterocycles. The van der Waals surface area contributed by atoms with E-state index in [2.05, 4.69) is 16.8 Å². The first-order chi connectivity index (χ1) is 16.1. The number of thioether (sulfide) groups is 1. The summed E-state index contributed by atoms with van der Waals surface area (Å²) >= 11 is 1.74. The maximum atomic E-state index is 12.3. The molecule has 8 nitrogen and oxygen atoms in total. The number of nitrogens with two attached hydrogens (primary N) is 1. The quantitative estimate of drug-likeness (QED) is 0.547. The van der Waals surface area contributed by atoms with Crippen molar-refractivity contribution in [2.75, 3.05) is 11.5 Å². The Kier molecular flexibility index (Phi) is 7.17. The molecule has 2 N–H and O–H groups in total. The zero-order valence-electron chi connectivity index (χ0n) is 18.3. The van der Waals surface area contributed by atoms with E-state index in [-0.39, 0.29) is 22.5 Å². The van der Waals surface area contributed by atoms with E-state index in [1.165, 1.54) is 25.3 Å². The van der Waals surface area contributed by atoms with Crippen LogP contribution in [0.25, 0.3) is 6.08 Å². The lowest BCUT2D eigenvalue weighted by atomic mass is 9.88. The molecule has 4 rings (SSSR count). The molecular weight excluding hydrogens is 434 g/mol. The molecule has 2 fully saturated rings. The Morgan fingerprint density at radius 3 is 2.64 bits per heavy atom. The average molecular weight is 460 g/mol. The third-order valence-electron chi connectivity index (χ3n) is 6.00. The Morgan fingerprint density at radius 1 is 1.15 bits per heavy atom. The average Bonchev–Trinajstić information content (AvgIpc) is 3.50. The second-order valence-corrected chi connectivity index (χ2v) is 9.55. The zero-order valence-corrected chi connectivity index (χ0v) is 19.1. The van der Waals surface area contributed by atoms with Gasteiger partial charge in [0.25, 0.3) is 0 Å². The number of nitriles is 2. The van der Waals surface area contributed by atoms with E-state index in [4.69, 9.17) is 21.2 Å². The summed E-state index contributed by atoms with van der Waals surface area (Å²) in [6.07, 6.45) is 12.8. The molecule has 0 bridgehead atoms. The van der Waals surface area contributed by atoms with E-state index in [9.17, 15) is 4.79 Å². The van der Waals surface area contributed by atoms with Gasteiger partial charge in [0, 0.05) is 18.3 Å². The molecule has 0 spiro atoms. The number of anilines is 1. The molecule has 9 heteroatoms. The van der Waals surface area contributed by atoms with Crippen LogP contribution >= 0.6 is 11.8 Å². The zero-order chi connectivity index (χ0) is 23.2. The van der Waals surface area contributed by atoms with Crippen LogP contribution in [0.2, 0.25) is 0 Å². The molecule has 1 saturated carbocycles. The molecule has 33 heavy (non-hydrogen) atoms. The van der Waals surface area contributed by atoms with Crippen molar-refractivity contribution in [1.29, 1.82) is 10.5 Å². The monoisotopic (exact) mass is 459 g/mol. The summed E-state index contributed by atoms with van der Waals surface area (Å²) in [4.78, 5) is 21.0. The predicted molar refractivity (Wildman–Crippen MR) is 128 cm³/mol. The predicted octanol–water partition coefficient (Wildman–Crippen LogP) is 3.58. The lowest BCUT2D eigenvalue weighted by molar-refractivity contribution is 0.419. The van der Waals surface area contributed by atoms with E-state index >= 15 is 0 Å². The maximum absolute atomic E-state index is 12.3. The van der Waals surface area contributed by atoms with Crippen LogP contribution in [0.3, 0.4) is 0 Å². The summed E-state index contributed by atoms with van der Waals surface area (Å²) in [7, 11) is 0. The molecule has 2 aliphatic rings. The van der Waals surface area contributed by atoms with Crippen molar-refractivity contribution in [1.82, 2.24) is 19.1 Å². The number of hydrogen-bond donors (Lipinski definition) is 1. The second kappa shape index (κ2) is 10.4. The number of allylic oxidation sites excluding steroid dienone is 1. The molecule has 1 aliphatic carbocycles. The Morgan fingerprint density at radius 2 is 1.94 bits per heavy atom. The van der Waals surface area contributed by atoms with Crippen LogP contribution in [0.1, 0.15) is 73.3 Å². The van der Waals surface area contributed by atoms with Crippen LogP contribution in [0.4, 0.5) is 5.82 Å². The Balaban J connectivity index is 1.62. The van der Waals surface area contributed by atoms with Crippen molar-refractivity contribution < 1.29 is 0 Å². The minimum atomic E-state index is -0.339. The smallest absolute Gasteiger partial charge is 0.350 e. The first kappa shape index (κ1) is 22.7. The molecule has 0 radical (unpaired) electrons.